The van der Waals surface area contributed by atoms with Crippen molar-refractivity contribution in [2.45, 2.75) is 68.4 Å². The van der Waals surface area contributed by atoms with Gasteiger partial charge in [0.15, 0.2) is 5.83 Å². The molecule has 1 aromatic heterocycles. The molecule has 0 radical (unpaired) electrons. The lowest BCUT2D eigenvalue weighted by Crippen LogP contribution is -2.57. The number of alkyl halides is 1. The fourth-order valence-corrected chi connectivity index (χ4v) is 8.63. The quantitative estimate of drug-likeness (QED) is 0.359. The van der Waals surface area contributed by atoms with Crippen LogP contribution < -0.4 is 9.64 Å². The number of amides is 1. The monoisotopic (exact) mass is 621 g/mol. The highest BCUT2D eigenvalue weighted by Gasteiger charge is 2.51. The Morgan fingerprint density at radius 3 is 2.87 bits per heavy atom. The molecule has 1 amide bonds. The molecule has 0 saturated carbocycles. The number of hydrogen-bond acceptors (Lipinski definition) is 7. The molecule has 0 N–H and O–H groups in total. The van der Waals surface area contributed by atoms with Gasteiger partial charge in [-0.2, -0.15) is 9.97 Å². The van der Waals surface area contributed by atoms with Crippen LogP contribution in [0.5, 0.6) is 6.01 Å². The van der Waals surface area contributed by atoms with Gasteiger partial charge in [0.05, 0.1) is 16.8 Å². The highest BCUT2D eigenvalue weighted by atomic mass is 19.1. The SMILES string of the molecule is [C-]#[N+]C[C@H]1CN(c2nc(OC[C@@]34CCCN3C[C@H](F)C4)nc3c2CN(C)[C@@]2(CCc4cccc(F)c42)C3)CCN1C(=O)C(=C)F. The minimum atomic E-state index is -1.05. The van der Waals surface area contributed by atoms with E-state index in [9.17, 15) is 13.6 Å². The zero-order valence-corrected chi connectivity index (χ0v) is 25.6. The number of rotatable bonds is 6. The third-order valence-electron chi connectivity index (χ3n) is 10.8. The van der Waals surface area contributed by atoms with Crippen LogP contribution in [-0.2, 0) is 29.7 Å². The smallest absolute Gasteiger partial charge is 0.318 e. The number of aromatic nitrogens is 2. The number of carbonyl (C=O) groups is 1. The van der Waals surface area contributed by atoms with Crippen molar-refractivity contribution in [1.82, 2.24) is 24.7 Å². The van der Waals surface area contributed by atoms with Crippen LogP contribution in [0.4, 0.5) is 19.0 Å². The fraction of sp³-hybridized carbons (Fsp3) is 0.576. The standard InChI is InChI=1S/C33H38F3N7O2/c1-21(34)30(44)43-13-12-41(18-24(43)16-37-2)29-25-19-40(3)33(10-8-22-6-4-7-26(36)28(22)33)15-27(25)38-31(39-29)45-20-32-9-5-11-42(32)17-23(35)14-32/h4,6-7,23-24H,1,5,8-20H2,3H3/t23-,24+,32+,33+/m1/s1. The fourth-order valence-electron chi connectivity index (χ4n) is 8.63. The van der Waals surface area contributed by atoms with Gasteiger partial charge in [-0.3, -0.25) is 14.6 Å². The molecular formula is C33H38F3N7O2. The van der Waals surface area contributed by atoms with Crippen molar-refractivity contribution in [3.05, 3.63) is 70.2 Å². The number of aryl methyl sites for hydroxylation is 1. The summed E-state index contributed by atoms with van der Waals surface area (Å²) < 4.78 is 50.1. The second-order valence-corrected chi connectivity index (χ2v) is 13.3. The van der Waals surface area contributed by atoms with Crippen molar-refractivity contribution < 1.29 is 22.7 Å². The van der Waals surface area contributed by atoms with Gasteiger partial charge in [-0.05, 0) is 50.9 Å². The predicted octanol–water partition coefficient (Wildman–Crippen LogP) is 3.82. The number of likely N-dealkylation sites (N-methyl/N-ethyl adjacent to an activating group) is 1. The van der Waals surface area contributed by atoms with Crippen LogP contribution in [0.15, 0.2) is 30.6 Å². The van der Waals surface area contributed by atoms with Gasteiger partial charge in [0, 0.05) is 56.7 Å². The largest absolute Gasteiger partial charge is 0.461 e. The number of anilines is 1. The first-order chi connectivity index (χ1) is 21.6. The Morgan fingerprint density at radius 1 is 1.22 bits per heavy atom. The summed E-state index contributed by atoms with van der Waals surface area (Å²) in [7, 11) is 2.01. The molecule has 5 heterocycles. The van der Waals surface area contributed by atoms with Gasteiger partial charge in [0.2, 0.25) is 6.54 Å². The van der Waals surface area contributed by atoms with E-state index in [0.29, 0.717) is 38.3 Å². The predicted molar refractivity (Wildman–Crippen MR) is 162 cm³/mol. The summed E-state index contributed by atoms with van der Waals surface area (Å²) in [4.78, 5) is 33.7. The number of piperazine rings is 1. The number of fused-ring (bicyclic) bond motifs is 4. The maximum Gasteiger partial charge on any atom is 0.318 e. The summed E-state index contributed by atoms with van der Waals surface area (Å²) in [6.45, 7) is 13.5. The van der Waals surface area contributed by atoms with E-state index in [4.69, 9.17) is 21.3 Å². The van der Waals surface area contributed by atoms with Gasteiger partial charge in [0.1, 0.15) is 30.5 Å². The zero-order chi connectivity index (χ0) is 31.5. The highest BCUT2D eigenvalue weighted by Crippen LogP contribution is 2.49. The average molecular weight is 622 g/mol. The Labute approximate surface area is 261 Å². The van der Waals surface area contributed by atoms with Gasteiger partial charge in [-0.15, -0.1) is 0 Å². The van der Waals surface area contributed by atoms with Crippen molar-refractivity contribution in [2.75, 3.05) is 57.8 Å². The van der Waals surface area contributed by atoms with E-state index in [0.717, 1.165) is 54.6 Å². The lowest BCUT2D eigenvalue weighted by molar-refractivity contribution is -0.131. The second kappa shape index (κ2) is 11.3. The van der Waals surface area contributed by atoms with E-state index >= 15 is 4.39 Å². The molecule has 9 nitrogen and oxygen atoms in total. The van der Waals surface area contributed by atoms with E-state index in [1.807, 2.05) is 18.0 Å². The van der Waals surface area contributed by atoms with Crippen molar-refractivity contribution in [1.29, 1.82) is 0 Å². The summed E-state index contributed by atoms with van der Waals surface area (Å²) in [6, 6.07) is 4.91. The van der Waals surface area contributed by atoms with Crippen LogP contribution in [-0.4, -0.2) is 101 Å². The van der Waals surface area contributed by atoms with Gasteiger partial charge >= 0.3 is 6.01 Å². The number of nitrogens with zero attached hydrogens (tertiary/aromatic N) is 7. The molecule has 45 heavy (non-hydrogen) atoms. The van der Waals surface area contributed by atoms with Crippen LogP contribution >= 0.6 is 0 Å². The minimum Gasteiger partial charge on any atom is -0.461 e. The molecule has 238 valence electrons. The lowest BCUT2D eigenvalue weighted by Gasteiger charge is -2.46. The van der Waals surface area contributed by atoms with Crippen LogP contribution in [0.25, 0.3) is 4.85 Å². The number of halogens is 3. The van der Waals surface area contributed by atoms with Gasteiger partial charge in [-0.25, -0.2) is 19.7 Å². The van der Waals surface area contributed by atoms with Gasteiger partial charge in [0.25, 0.3) is 5.91 Å². The third-order valence-corrected chi connectivity index (χ3v) is 10.8. The molecule has 5 aliphatic rings. The lowest BCUT2D eigenvalue weighted by atomic mass is 9.80. The molecule has 2 aromatic rings. The molecule has 3 saturated heterocycles. The minimum absolute atomic E-state index is 0.00791. The number of hydrogen-bond donors (Lipinski definition) is 0. The zero-order valence-electron chi connectivity index (χ0n) is 25.6. The third kappa shape index (κ3) is 4.95. The van der Waals surface area contributed by atoms with E-state index in [2.05, 4.69) is 21.2 Å². The number of benzene rings is 1. The van der Waals surface area contributed by atoms with Crippen LogP contribution in [0.1, 0.15) is 48.1 Å². The summed E-state index contributed by atoms with van der Waals surface area (Å²) in [5, 5.41) is 0. The first-order valence-corrected chi connectivity index (χ1v) is 15.8. The summed E-state index contributed by atoms with van der Waals surface area (Å²) in [5.74, 6) is -1.43. The molecule has 1 aliphatic carbocycles. The Hall–Kier alpha value is -3.69. The van der Waals surface area contributed by atoms with Crippen molar-refractivity contribution >= 4 is 11.7 Å². The Bertz CT molecular complexity index is 1580. The number of ether oxygens (including phenoxy) is 1. The van der Waals surface area contributed by atoms with Crippen LogP contribution in [0, 0.1) is 12.4 Å². The maximum atomic E-state index is 15.4. The van der Waals surface area contributed by atoms with E-state index in [-0.39, 0.29) is 43.6 Å². The topological polar surface area (TPSA) is 69.4 Å². The molecule has 1 spiro atoms. The molecule has 4 aliphatic heterocycles. The molecule has 0 unspecified atom stereocenters. The molecule has 12 heteroatoms. The Balaban J connectivity index is 1.26. The molecule has 7 rings (SSSR count). The molecule has 3 fully saturated rings. The first-order valence-electron chi connectivity index (χ1n) is 15.8. The molecule has 1 aromatic carbocycles. The second-order valence-electron chi connectivity index (χ2n) is 13.3. The van der Waals surface area contributed by atoms with Crippen LogP contribution in [0.3, 0.4) is 0 Å². The average Bonchev–Trinajstić information content (AvgIpc) is 3.67. The van der Waals surface area contributed by atoms with Crippen molar-refractivity contribution in [3.8, 4) is 6.01 Å². The Morgan fingerprint density at radius 2 is 2.07 bits per heavy atom. The Kier molecular flexibility index (Phi) is 7.52. The summed E-state index contributed by atoms with van der Waals surface area (Å²) >= 11 is 0. The summed E-state index contributed by atoms with van der Waals surface area (Å²) in [5.41, 5.74) is 2.45. The van der Waals surface area contributed by atoms with E-state index in [1.54, 1.807) is 6.07 Å². The van der Waals surface area contributed by atoms with Gasteiger partial charge < -0.3 is 19.4 Å². The summed E-state index contributed by atoms with van der Waals surface area (Å²) in [6.07, 6.45) is 3.36. The normalized spacial score (nSPS) is 29.4. The number of carbonyl (C=O) groups excluding carboxylic acids is 1. The van der Waals surface area contributed by atoms with Crippen molar-refractivity contribution in [2.24, 2.45) is 0 Å². The molecular weight excluding hydrogens is 583 g/mol. The maximum absolute atomic E-state index is 15.4. The first kappa shape index (κ1) is 30.0. The van der Waals surface area contributed by atoms with Crippen LogP contribution in [0.2, 0.25) is 0 Å². The molecule has 4 atom stereocenters. The van der Waals surface area contributed by atoms with E-state index < -0.39 is 29.5 Å². The van der Waals surface area contributed by atoms with E-state index in [1.165, 1.54) is 11.0 Å². The highest BCUT2D eigenvalue weighted by molar-refractivity contribution is 5.91. The van der Waals surface area contributed by atoms with Crippen molar-refractivity contribution in [3.63, 3.8) is 0 Å². The molecule has 0 bridgehead atoms. The van der Waals surface area contributed by atoms with Gasteiger partial charge in [-0.1, -0.05) is 18.7 Å².